The summed E-state index contributed by atoms with van der Waals surface area (Å²) in [5.74, 6) is -0.00126. The summed E-state index contributed by atoms with van der Waals surface area (Å²) < 4.78 is 0. The topological polar surface area (TPSA) is 84.5 Å². The van der Waals surface area contributed by atoms with Crippen molar-refractivity contribution in [2.45, 2.75) is 25.8 Å². The van der Waals surface area contributed by atoms with Gasteiger partial charge >= 0.3 is 0 Å². The highest BCUT2D eigenvalue weighted by Gasteiger charge is 2.49. The molecule has 1 unspecified atom stereocenters. The van der Waals surface area contributed by atoms with E-state index in [2.05, 4.69) is 15.0 Å². The monoisotopic (exact) mass is 385 g/mol. The number of pyridine rings is 2. The molecule has 1 aromatic carbocycles. The highest BCUT2D eigenvalue weighted by atomic mass is 16.2. The summed E-state index contributed by atoms with van der Waals surface area (Å²) in [5, 5.41) is 0. The molecule has 0 saturated heterocycles. The molecule has 0 saturated carbocycles. The molecule has 0 fully saturated rings. The zero-order valence-electron chi connectivity index (χ0n) is 16.8. The van der Waals surface area contributed by atoms with Gasteiger partial charge in [-0.1, -0.05) is 37.3 Å². The van der Waals surface area contributed by atoms with Gasteiger partial charge in [0.25, 0.3) is 5.91 Å². The molecule has 3 heterocycles. The van der Waals surface area contributed by atoms with Crippen molar-refractivity contribution in [1.29, 1.82) is 0 Å². The van der Waals surface area contributed by atoms with E-state index in [9.17, 15) is 4.79 Å². The highest BCUT2D eigenvalue weighted by molar-refractivity contribution is 6.09. The van der Waals surface area contributed by atoms with E-state index < -0.39 is 5.54 Å². The van der Waals surface area contributed by atoms with E-state index in [-0.39, 0.29) is 11.9 Å². The Balaban J connectivity index is 1.93. The van der Waals surface area contributed by atoms with Crippen molar-refractivity contribution in [1.82, 2.24) is 14.9 Å². The third kappa shape index (κ3) is 2.97. The number of aryl methyl sites for hydroxylation is 2. The normalized spacial score (nSPS) is 18.8. The van der Waals surface area contributed by atoms with Gasteiger partial charge in [0, 0.05) is 42.0 Å². The summed E-state index contributed by atoms with van der Waals surface area (Å²) in [6.45, 7) is 4.01. The second-order valence-corrected chi connectivity index (χ2v) is 7.15. The van der Waals surface area contributed by atoms with Crippen molar-refractivity contribution in [3.05, 3.63) is 83.4 Å². The summed E-state index contributed by atoms with van der Waals surface area (Å²) in [7, 11) is 1.64. The first-order valence-corrected chi connectivity index (χ1v) is 9.58. The number of guanidine groups is 1. The van der Waals surface area contributed by atoms with Gasteiger partial charge in [-0.05, 0) is 42.7 Å². The minimum atomic E-state index is -1.25. The Labute approximate surface area is 170 Å². The molecule has 0 spiro atoms. The van der Waals surface area contributed by atoms with Crippen LogP contribution in [0.15, 0.2) is 65.9 Å². The van der Waals surface area contributed by atoms with E-state index in [1.807, 2.05) is 62.4 Å². The van der Waals surface area contributed by atoms with Crippen LogP contribution >= 0.6 is 0 Å². The molecule has 1 amide bonds. The second kappa shape index (κ2) is 7.13. The van der Waals surface area contributed by atoms with Gasteiger partial charge in [0.05, 0.1) is 0 Å². The van der Waals surface area contributed by atoms with Gasteiger partial charge < -0.3 is 5.73 Å². The van der Waals surface area contributed by atoms with Crippen LogP contribution in [-0.4, -0.2) is 33.8 Å². The number of rotatable bonds is 4. The average molecular weight is 385 g/mol. The molecule has 2 N–H and O–H groups in total. The fraction of sp³-hybridized carbons (Fsp3) is 0.217. The van der Waals surface area contributed by atoms with E-state index in [0.717, 1.165) is 34.5 Å². The number of aliphatic imine (C=N–C) groups is 1. The van der Waals surface area contributed by atoms with E-state index in [4.69, 9.17) is 5.73 Å². The van der Waals surface area contributed by atoms with E-state index in [1.165, 1.54) is 4.90 Å². The van der Waals surface area contributed by atoms with E-state index in [1.54, 1.807) is 19.4 Å². The SMILES string of the molecule is CCc1ccc(C2(c3cccc(-c4cccnc4C)c3)N=C(N)N(C)C2=O)cn1. The fourth-order valence-electron chi connectivity index (χ4n) is 3.73. The molecule has 4 rings (SSSR count). The van der Waals surface area contributed by atoms with Crippen LogP contribution in [0.25, 0.3) is 11.1 Å². The minimum absolute atomic E-state index is 0.192. The van der Waals surface area contributed by atoms with Crippen molar-refractivity contribution in [2.75, 3.05) is 7.05 Å². The molecule has 146 valence electrons. The van der Waals surface area contributed by atoms with Crippen molar-refractivity contribution < 1.29 is 4.79 Å². The van der Waals surface area contributed by atoms with E-state index >= 15 is 0 Å². The van der Waals surface area contributed by atoms with Crippen LogP contribution in [0.5, 0.6) is 0 Å². The number of carbonyl (C=O) groups is 1. The average Bonchev–Trinajstić information content (AvgIpc) is 2.99. The Bertz CT molecular complexity index is 1110. The predicted octanol–water partition coefficient (Wildman–Crippen LogP) is 3.04. The van der Waals surface area contributed by atoms with Gasteiger partial charge in [-0.2, -0.15) is 0 Å². The Morgan fingerprint density at radius 2 is 1.90 bits per heavy atom. The van der Waals surface area contributed by atoms with Gasteiger partial charge in [-0.3, -0.25) is 19.7 Å². The van der Waals surface area contributed by atoms with E-state index in [0.29, 0.717) is 5.56 Å². The number of hydrogen-bond donors (Lipinski definition) is 1. The van der Waals surface area contributed by atoms with Crippen LogP contribution in [0.1, 0.15) is 29.4 Å². The minimum Gasteiger partial charge on any atom is -0.369 e. The Kier molecular flexibility index (Phi) is 4.62. The molecule has 6 nitrogen and oxygen atoms in total. The summed E-state index contributed by atoms with van der Waals surface area (Å²) in [6.07, 6.45) is 4.32. The zero-order valence-corrected chi connectivity index (χ0v) is 16.8. The summed E-state index contributed by atoms with van der Waals surface area (Å²) in [4.78, 5) is 28.3. The third-order valence-corrected chi connectivity index (χ3v) is 5.44. The van der Waals surface area contributed by atoms with Crippen LogP contribution in [0, 0.1) is 6.92 Å². The maximum atomic E-state index is 13.4. The first kappa shape index (κ1) is 18.8. The molecule has 1 atom stereocenters. The van der Waals surface area contributed by atoms with Crippen LogP contribution in [0.2, 0.25) is 0 Å². The second-order valence-electron chi connectivity index (χ2n) is 7.15. The number of hydrogen-bond acceptors (Lipinski definition) is 5. The van der Waals surface area contributed by atoms with Crippen LogP contribution < -0.4 is 5.73 Å². The smallest absolute Gasteiger partial charge is 0.266 e. The maximum absolute atomic E-state index is 13.4. The molecular formula is C23H23N5O. The van der Waals surface area contributed by atoms with Crippen molar-refractivity contribution in [3.63, 3.8) is 0 Å². The largest absolute Gasteiger partial charge is 0.369 e. The molecule has 0 radical (unpaired) electrons. The van der Waals surface area contributed by atoms with Crippen LogP contribution in [-0.2, 0) is 16.8 Å². The maximum Gasteiger partial charge on any atom is 0.266 e. The number of amides is 1. The van der Waals surface area contributed by atoms with Crippen molar-refractivity contribution >= 4 is 11.9 Å². The fourth-order valence-corrected chi connectivity index (χ4v) is 3.73. The number of nitrogens with zero attached hydrogens (tertiary/aromatic N) is 4. The van der Waals surface area contributed by atoms with Gasteiger partial charge in [-0.15, -0.1) is 0 Å². The third-order valence-electron chi connectivity index (χ3n) is 5.44. The van der Waals surface area contributed by atoms with Gasteiger partial charge in [0.2, 0.25) is 0 Å². The standard InChI is InChI=1S/C23H23N5O/c1-4-19-11-10-18(14-26-19)23(21(29)28(3)22(24)27-23)17-8-5-7-16(13-17)20-9-6-12-25-15(20)2/h5-14H,4H2,1-3H3,(H2,24,27). The number of benzene rings is 1. The number of aromatic nitrogens is 2. The first-order chi connectivity index (χ1) is 14.0. The van der Waals surface area contributed by atoms with Crippen LogP contribution in [0.4, 0.5) is 0 Å². The summed E-state index contributed by atoms with van der Waals surface area (Å²) in [6, 6.07) is 15.6. The van der Waals surface area contributed by atoms with Gasteiger partial charge in [0.1, 0.15) is 0 Å². The summed E-state index contributed by atoms with van der Waals surface area (Å²) >= 11 is 0. The number of likely N-dealkylation sites (N-methyl/N-ethyl adjacent to an activating group) is 1. The quantitative estimate of drug-likeness (QED) is 0.748. The molecule has 0 aliphatic carbocycles. The molecule has 3 aromatic rings. The lowest BCUT2D eigenvalue weighted by atomic mass is 9.82. The molecular weight excluding hydrogens is 362 g/mol. The Hall–Kier alpha value is -3.54. The molecule has 0 bridgehead atoms. The lowest BCUT2D eigenvalue weighted by Gasteiger charge is -2.26. The Morgan fingerprint density at radius 1 is 1.07 bits per heavy atom. The Morgan fingerprint density at radius 3 is 2.52 bits per heavy atom. The van der Waals surface area contributed by atoms with Crippen molar-refractivity contribution in [3.8, 4) is 11.1 Å². The first-order valence-electron chi connectivity index (χ1n) is 9.58. The molecule has 29 heavy (non-hydrogen) atoms. The molecule has 1 aliphatic heterocycles. The lowest BCUT2D eigenvalue weighted by Crippen LogP contribution is -2.41. The van der Waals surface area contributed by atoms with Gasteiger partial charge in [0.15, 0.2) is 11.5 Å². The predicted molar refractivity (Wildman–Crippen MR) is 113 cm³/mol. The van der Waals surface area contributed by atoms with Crippen LogP contribution in [0.3, 0.4) is 0 Å². The van der Waals surface area contributed by atoms with Gasteiger partial charge in [-0.25, -0.2) is 4.99 Å². The number of carbonyl (C=O) groups excluding carboxylic acids is 1. The number of nitrogens with two attached hydrogens (primary N) is 1. The molecule has 6 heteroatoms. The molecule has 2 aromatic heterocycles. The highest BCUT2D eigenvalue weighted by Crippen LogP contribution is 2.40. The summed E-state index contributed by atoms with van der Waals surface area (Å²) in [5.41, 5.74) is 10.1. The zero-order chi connectivity index (χ0) is 20.6. The van der Waals surface area contributed by atoms with Crippen molar-refractivity contribution in [2.24, 2.45) is 10.7 Å². The molecule has 1 aliphatic rings. The lowest BCUT2D eigenvalue weighted by molar-refractivity contribution is -0.129.